The van der Waals surface area contributed by atoms with Crippen molar-refractivity contribution in [2.24, 2.45) is 0 Å². The van der Waals surface area contributed by atoms with Gasteiger partial charge in [-0.2, -0.15) is 0 Å². The van der Waals surface area contributed by atoms with Crippen molar-refractivity contribution in [1.82, 2.24) is 4.72 Å². The number of sulfonamides is 1. The number of methoxy groups -OCH3 is 1. The Balaban J connectivity index is 2.81. The van der Waals surface area contributed by atoms with Crippen molar-refractivity contribution in [3.05, 3.63) is 29.8 Å². The molecule has 0 aliphatic carbocycles. The van der Waals surface area contributed by atoms with Crippen LogP contribution in [0.5, 0.6) is 5.75 Å². The lowest BCUT2D eigenvalue weighted by molar-refractivity contribution is 0.0503. The summed E-state index contributed by atoms with van der Waals surface area (Å²) in [5.74, 6) is -1.45. The first kappa shape index (κ1) is 19.9. The van der Waals surface area contributed by atoms with E-state index in [-0.39, 0.29) is 18.1 Å². The summed E-state index contributed by atoms with van der Waals surface area (Å²) in [6.45, 7) is 4.68. The summed E-state index contributed by atoms with van der Waals surface area (Å²) in [5, 5.41) is 0. The Morgan fingerprint density at radius 2 is 1.79 bits per heavy atom. The molecule has 0 heterocycles. The van der Waals surface area contributed by atoms with Crippen LogP contribution in [0.2, 0.25) is 0 Å². The third kappa shape index (κ3) is 6.97. The fourth-order valence-electron chi connectivity index (χ4n) is 1.66. The zero-order valence-electron chi connectivity index (χ0n) is 14.0. The lowest BCUT2D eigenvalue weighted by atomic mass is 10.1. The van der Waals surface area contributed by atoms with Crippen molar-refractivity contribution in [3.8, 4) is 5.75 Å². The van der Waals surface area contributed by atoms with Gasteiger partial charge in [0.05, 0.1) is 5.56 Å². The van der Waals surface area contributed by atoms with Crippen molar-refractivity contribution >= 4 is 21.9 Å². The summed E-state index contributed by atoms with van der Waals surface area (Å²) in [4.78, 5) is 23.8. The van der Waals surface area contributed by atoms with Crippen LogP contribution in [0.1, 0.15) is 31.1 Å². The van der Waals surface area contributed by atoms with Crippen LogP contribution in [0.3, 0.4) is 0 Å². The van der Waals surface area contributed by atoms with E-state index in [1.807, 2.05) is 0 Å². The van der Waals surface area contributed by atoms with Crippen LogP contribution in [-0.4, -0.2) is 45.6 Å². The topological polar surface area (TPSA) is 108 Å². The second-order valence-electron chi connectivity index (χ2n) is 5.83. The Hall–Kier alpha value is -2.13. The largest absolute Gasteiger partial charge is 0.467 e. The molecule has 0 saturated heterocycles. The number of ether oxygens (including phenoxy) is 3. The molecule has 1 N–H and O–H groups in total. The van der Waals surface area contributed by atoms with Crippen molar-refractivity contribution < 1.29 is 32.2 Å². The van der Waals surface area contributed by atoms with E-state index in [1.54, 1.807) is 37.6 Å². The average molecular weight is 359 g/mol. The number of hydrogen-bond acceptors (Lipinski definition) is 7. The molecular formula is C15H21NO7S. The van der Waals surface area contributed by atoms with Crippen LogP contribution in [-0.2, 0) is 19.5 Å². The summed E-state index contributed by atoms with van der Waals surface area (Å²) >= 11 is 0. The summed E-state index contributed by atoms with van der Waals surface area (Å²) in [5.41, 5.74) is -0.784. The van der Waals surface area contributed by atoms with E-state index in [2.05, 4.69) is 0 Å². The highest BCUT2D eigenvalue weighted by Gasteiger charge is 2.25. The van der Waals surface area contributed by atoms with Gasteiger partial charge in [0, 0.05) is 7.11 Å². The molecule has 0 atom stereocenters. The van der Waals surface area contributed by atoms with Crippen molar-refractivity contribution in [3.63, 3.8) is 0 Å². The molecule has 134 valence electrons. The predicted octanol–water partition coefficient (Wildman–Crippen LogP) is 1.71. The van der Waals surface area contributed by atoms with E-state index in [9.17, 15) is 18.0 Å². The average Bonchev–Trinajstić information content (AvgIpc) is 2.41. The molecule has 0 saturated carbocycles. The van der Waals surface area contributed by atoms with Crippen LogP contribution < -0.4 is 9.46 Å². The molecular weight excluding hydrogens is 338 g/mol. The number of amides is 1. The number of carbonyl (C=O) groups excluding carboxylic acids is 2. The van der Waals surface area contributed by atoms with E-state index in [0.717, 1.165) is 0 Å². The highest BCUT2D eigenvalue weighted by Crippen LogP contribution is 2.19. The van der Waals surface area contributed by atoms with E-state index in [1.165, 1.54) is 19.2 Å². The molecule has 1 rings (SSSR count). The molecule has 0 bridgehead atoms. The zero-order chi connectivity index (χ0) is 18.4. The maximum Gasteiger partial charge on any atom is 0.421 e. The van der Waals surface area contributed by atoms with E-state index in [0.29, 0.717) is 0 Å². The number of nitrogens with one attached hydrogen (secondary N) is 1. The molecule has 9 heteroatoms. The highest BCUT2D eigenvalue weighted by molar-refractivity contribution is 7.90. The van der Waals surface area contributed by atoms with Gasteiger partial charge in [-0.15, -0.1) is 0 Å². The van der Waals surface area contributed by atoms with Crippen molar-refractivity contribution in [2.75, 3.05) is 19.7 Å². The molecule has 0 unspecified atom stereocenters. The number of ketones is 1. The van der Waals surface area contributed by atoms with Gasteiger partial charge in [-0.1, -0.05) is 12.1 Å². The van der Waals surface area contributed by atoms with Gasteiger partial charge in [-0.05, 0) is 32.9 Å². The lowest BCUT2D eigenvalue weighted by Crippen LogP contribution is -2.39. The SMILES string of the molecule is COCOc1ccccc1C(=O)CS(=O)(=O)NC(=O)OC(C)(C)C. The number of Topliss-reactive ketones (excluding diaryl/α,β-unsaturated/α-hetero) is 1. The Kier molecular flexibility index (Phi) is 6.73. The summed E-state index contributed by atoms with van der Waals surface area (Å²) in [6.07, 6.45) is -1.14. The summed E-state index contributed by atoms with van der Waals surface area (Å²) in [7, 11) is -2.78. The lowest BCUT2D eigenvalue weighted by Gasteiger charge is -2.19. The van der Waals surface area contributed by atoms with Crippen molar-refractivity contribution in [2.45, 2.75) is 26.4 Å². The van der Waals surface area contributed by atoms with Gasteiger partial charge in [0.2, 0.25) is 10.0 Å². The monoisotopic (exact) mass is 359 g/mol. The van der Waals surface area contributed by atoms with Crippen LogP contribution in [0.15, 0.2) is 24.3 Å². The molecule has 0 spiro atoms. The minimum atomic E-state index is -4.20. The number of carbonyl (C=O) groups is 2. The number of rotatable bonds is 7. The molecule has 0 radical (unpaired) electrons. The van der Waals surface area contributed by atoms with E-state index < -0.39 is 33.3 Å². The van der Waals surface area contributed by atoms with Gasteiger partial charge in [0.25, 0.3) is 0 Å². The van der Waals surface area contributed by atoms with Gasteiger partial charge in [0.1, 0.15) is 17.1 Å². The number of para-hydroxylation sites is 1. The first-order valence-corrected chi connectivity index (χ1v) is 8.67. The molecule has 0 aromatic heterocycles. The van der Waals surface area contributed by atoms with Crippen molar-refractivity contribution in [1.29, 1.82) is 0 Å². The minimum absolute atomic E-state index is 0.0733. The van der Waals surface area contributed by atoms with Crippen LogP contribution in [0, 0.1) is 0 Å². The van der Waals surface area contributed by atoms with Gasteiger partial charge >= 0.3 is 6.09 Å². The van der Waals surface area contributed by atoms with Crippen LogP contribution in [0.25, 0.3) is 0 Å². The summed E-state index contributed by atoms with van der Waals surface area (Å²) in [6, 6.07) is 6.15. The minimum Gasteiger partial charge on any atom is -0.467 e. The number of benzene rings is 1. The second kappa shape index (κ2) is 8.11. The van der Waals surface area contributed by atoms with Gasteiger partial charge in [-0.3, -0.25) is 4.79 Å². The predicted molar refractivity (Wildman–Crippen MR) is 86.4 cm³/mol. The molecule has 8 nitrogen and oxygen atoms in total. The number of hydrogen-bond donors (Lipinski definition) is 1. The third-order valence-electron chi connectivity index (χ3n) is 2.48. The Morgan fingerprint density at radius 1 is 1.17 bits per heavy atom. The molecule has 1 aromatic carbocycles. The van der Waals surface area contributed by atoms with Gasteiger partial charge < -0.3 is 14.2 Å². The van der Waals surface area contributed by atoms with E-state index >= 15 is 0 Å². The smallest absolute Gasteiger partial charge is 0.421 e. The Bertz CT molecular complexity index is 692. The van der Waals surface area contributed by atoms with Gasteiger partial charge in [0.15, 0.2) is 12.6 Å². The molecule has 0 fully saturated rings. The van der Waals surface area contributed by atoms with Crippen LogP contribution >= 0.6 is 0 Å². The van der Waals surface area contributed by atoms with Crippen LogP contribution in [0.4, 0.5) is 4.79 Å². The molecule has 1 amide bonds. The highest BCUT2D eigenvalue weighted by atomic mass is 32.2. The summed E-state index contributed by atoms with van der Waals surface area (Å²) < 4.78 is 40.4. The third-order valence-corrected chi connectivity index (χ3v) is 3.60. The maximum absolute atomic E-state index is 12.2. The Morgan fingerprint density at radius 3 is 2.38 bits per heavy atom. The normalized spacial score (nSPS) is 11.7. The first-order chi connectivity index (χ1) is 11.0. The Labute approximate surface area is 141 Å². The molecule has 0 aliphatic heterocycles. The molecule has 0 aliphatic rings. The second-order valence-corrected chi connectivity index (χ2v) is 7.56. The fourth-order valence-corrected chi connectivity index (χ4v) is 2.53. The maximum atomic E-state index is 12.2. The molecule has 1 aromatic rings. The molecule has 24 heavy (non-hydrogen) atoms. The zero-order valence-corrected chi connectivity index (χ0v) is 14.8. The fraction of sp³-hybridized carbons (Fsp3) is 0.467. The standard InChI is InChI=1S/C15H21NO7S/c1-15(2,3)23-14(18)16-24(19,20)9-12(17)11-7-5-6-8-13(11)22-10-21-4/h5-8H,9-10H2,1-4H3,(H,16,18). The first-order valence-electron chi connectivity index (χ1n) is 7.01. The quantitative estimate of drug-likeness (QED) is 0.583. The van der Waals surface area contributed by atoms with E-state index in [4.69, 9.17) is 14.2 Å². The van der Waals surface area contributed by atoms with Gasteiger partial charge in [-0.25, -0.2) is 17.9 Å².